The monoisotopic (exact) mass is 307 g/mol. The van der Waals surface area contributed by atoms with Crippen molar-refractivity contribution < 1.29 is 17.9 Å². The molecule has 2 aromatic rings. The first-order valence-corrected chi connectivity index (χ1v) is 7.45. The number of nitrogens with one attached hydrogen (secondary N) is 1. The molecule has 2 rings (SSSR count). The maximum atomic E-state index is 11.6. The van der Waals surface area contributed by atoms with Gasteiger partial charge in [-0.1, -0.05) is 30.3 Å². The molecular weight excluding hydrogens is 294 g/mol. The number of hydrogen-bond donors (Lipinski definition) is 2. The summed E-state index contributed by atoms with van der Waals surface area (Å²) in [5.41, 5.74) is 1.02. The Kier molecular flexibility index (Phi) is 4.51. The minimum Gasteiger partial charge on any atom is -0.444 e. The van der Waals surface area contributed by atoms with Gasteiger partial charge in [-0.25, -0.2) is 18.4 Å². The van der Waals surface area contributed by atoms with Gasteiger partial charge in [-0.2, -0.15) is 0 Å². The van der Waals surface area contributed by atoms with Crippen molar-refractivity contribution in [1.82, 2.24) is 4.98 Å². The van der Waals surface area contributed by atoms with Crippen molar-refractivity contribution in [2.45, 2.75) is 11.5 Å². The number of ether oxygens (including phenoxy) is 1. The van der Waals surface area contributed by atoms with Crippen LogP contribution in [0.2, 0.25) is 0 Å². The number of carbonyl (C=O) groups excluding carboxylic acids is 1. The lowest BCUT2D eigenvalue weighted by Crippen LogP contribution is -2.16. The predicted octanol–water partition coefficient (Wildman–Crippen LogP) is 1.48. The smallest absolute Gasteiger partial charge is 0.412 e. The summed E-state index contributed by atoms with van der Waals surface area (Å²) < 4.78 is 27.3. The van der Waals surface area contributed by atoms with Gasteiger partial charge >= 0.3 is 6.09 Å². The molecule has 0 aliphatic heterocycles. The number of aromatic nitrogens is 1. The van der Waals surface area contributed by atoms with Crippen LogP contribution in [0.5, 0.6) is 0 Å². The quantitative estimate of drug-likeness (QED) is 0.888. The van der Waals surface area contributed by atoms with Crippen LogP contribution >= 0.6 is 0 Å². The standard InChI is InChI=1S/C13H13N3O4S/c14-21(18,19)12-6-11(7-15-8-12)16-13(17)20-9-10-4-2-1-3-5-10/h1-8H,9H2,(H,16,17)(H2,14,18,19). The van der Waals surface area contributed by atoms with E-state index < -0.39 is 16.1 Å². The molecule has 7 nitrogen and oxygen atoms in total. The number of carbonyl (C=O) groups is 1. The molecule has 0 saturated heterocycles. The largest absolute Gasteiger partial charge is 0.444 e. The van der Waals surface area contributed by atoms with Gasteiger partial charge < -0.3 is 4.74 Å². The highest BCUT2D eigenvalue weighted by Crippen LogP contribution is 2.12. The summed E-state index contributed by atoms with van der Waals surface area (Å²) in [6, 6.07) is 10.3. The molecule has 110 valence electrons. The average molecular weight is 307 g/mol. The Balaban J connectivity index is 1.97. The molecule has 0 saturated carbocycles. The van der Waals surface area contributed by atoms with Crippen LogP contribution in [0, 0.1) is 0 Å². The summed E-state index contributed by atoms with van der Waals surface area (Å²) in [7, 11) is -3.87. The number of nitrogens with two attached hydrogens (primary N) is 1. The number of rotatable bonds is 4. The number of nitrogens with zero attached hydrogens (tertiary/aromatic N) is 1. The van der Waals surface area contributed by atoms with Crippen LogP contribution < -0.4 is 10.5 Å². The first-order valence-electron chi connectivity index (χ1n) is 5.91. The van der Waals surface area contributed by atoms with Crippen LogP contribution in [0.1, 0.15) is 5.56 Å². The Morgan fingerprint density at radius 1 is 1.24 bits per heavy atom. The fraction of sp³-hybridized carbons (Fsp3) is 0.0769. The van der Waals surface area contributed by atoms with Crippen LogP contribution in [0.3, 0.4) is 0 Å². The highest BCUT2D eigenvalue weighted by Gasteiger charge is 2.10. The molecule has 1 aromatic carbocycles. The van der Waals surface area contributed by atoms with E-state index in [1.165, 1.54) is 12.3 Å². The Morgan fingerprint density at radius 3 is 2.62 bits per heavy atom. The summed E-state index contributed by atoms with van der Waals surface area (Å²) >= 11 is 0. The zero-order valence-electron chi connectivity index (χ0n) is 10.9. The summed E-state index contributed by atoms with van der Waals surface area (Å²) in [6.07, 6.45) is 1.67. The van der Waals surface area contributed by atoms with Crippen molar-refractivity contribution in [1.29, 1.82) is 0 Å². The van der Waals surface area contributed by atoms with Crippen molar-refractivity contribution in [3.8, 4) is 0 Å². The highest BCUT2D eigenvalue weighted by molar-refractivity contribution is 7.89. The van der Waals surface area contributed by atoms with Crippen LogP contribution in [0.4, 0.5) is 10.5 Å². The van der Waals surface area contributed by atoms with E-state index in [9.17, 15) is 13.2 Å². The molecule has 0 bridgehead atoms. The van der Waals surface area contributed by atoms with Crippen molar-refractivity contribution in [3.63, 3.8) is 0 Å². The molecule has 1 aromatic heterocycles. The second-order valence-electron chi connectivity index (χ2n) is 4.14. The molecule has 1 heterocycles. The molecule has 0 radical (unpaired) electrons. The molecule has 1 amide bonds. The SMILES string of the molecule is NS(=O)(=O)c1cncc(NC(=O)OCc2ccccc2)c1. The number of benzene rings is 1. The van der Waals surface area contributed by atoms with Gasteiger partial charge in [0.2, 0.25) is 10.0 Å². The Labute approximate surface area is 121 Å². The van der Waals surface area contributed by atoms with Gasteiger partial charge in [0.05, 0.1) is 11.9 Å². The molecular formula is C13H13N3O4S. The summed E-state index contributed by atoms with van der Waals surface area (Å²) in [6.45, 7) is 0.106. The van der Waals surface area contributed by atoms with E-state index >= 15 is 0 Å². The highest BCUT2D eigenvalue weighted by atomic mass is 32.2. The molecule has 8 heteroatoms. The van der Waals surface area contributed by atoms with Gasteiger partial charge in [-0.15, -0.1) is 0 Å². The fourth-order valence-electron chi connectivity index (χ4n) is 1.52. The average Bonchev–Trinajstić information content (AvgIpc) is 2.46. The Morgan fingerprint density at radius 2 is 1.95 bits per heavy atom. The molecule has 0 aliphatic carbocycles. The predicted molar refractivity (Wildman–Crippen MR) is 75.9 cm³/mol. The third-order valence-corrected chi connectivity index (χ3v) is 3.38. The van der Waals surface area contributed by atoms with Gasteiger partial charge in [0, 0.05) is 6.20 Å². The maximum absolute atomic E-state index is 11.6. The van der Waals surface area contributed by atoms with Crippen molar-refractivity contribution in [2.24, 2.45) is 5.14 Å². The molecule has 0 fully saturated rings. The molecule has 0 aliphatic rings. The number of sulfonamides is 1. The zero-order chi connectivity index (χ0) is 15.3. The van der Waals surface area contributed by atoms with E-state index in [-0.39, 0.29) is 17.2 Å². The number of anilines is 1. The molecule has 0 unspecified atom stereocenters. The molecule has 3 N–H and O–H groups in total. The zero-order valence-corrected chi connectivity index (χ0v) is 11.7. The van der Waals surface area contributed by atoms with E-state index in [0.29, 0.717) is 0 Å². The Bertz CT molecular complexity index is 732. The number of primary sulfonamides is 1. The lowest BCUT2D eigenvalue weighted by molar-refractivity contribution is 0.155. The summed E-state index contributed by atoms with van der Waals surface area (Å²) in [5.74, 6) is 0. The number of pyridine rings is 1. The van der Waals surface area contributed by atoms with Crippen molar-refractivity contribution in [2.75, 3.05) is 5.32 Å². The van der Waals surface area contributed by atoms with Gasteiger partial charge in [0.25, 0.3) is 0 Å². The summed E-state index contributed by atoms with van der Waals surface area (Å²) in [5, 5.41) is 7.36. The normalized spacial score (nSPS) is 10.9. The third-order valence-electron chi connectivity index (χ3n) is 2.50. The first-order chi connectivity index (χ1) is 9.95. The molecule has 21 heavy (non-hydrogen) atoms. The van der Waals surface area contributed by atoms with Crippen LogP contribution in [-0.2, 0) is 21.4 Å². The van der Waals surface area contributed by atoms with Gasteiger partial charge in [0.1, 0.15) is 11.5 Å². The van der Waals surface area contributed by atoms with E-state index in [1.54, 1.807) is 0 Å². The first kappa shape index (κ1) is 14.9. The van der Waals surface area contributed by atoms with E-state index in [2.05, 4.69) is 10.3 Å². The lowest BCUT2D eigenvalue weighted by Gasteiger charge is -2.07. The van der Waals surface area contributed by atoms with Crippen molar-refractivity contribution in [3.05, 3.63) is 54.4 Å². The Hall–Kier alpha value is -2.45. The van der Waals surface area contributed by atoms with E-state index in [1.807, 2.05) is 30.3 Å². The van der Waals surface area contributed by atoms with Crippen LogP contribution in [0.15, 0.2) is 53.7 Å². The minimum atomic E-state index is -3.87. The van der Waals surface area contributed by atoms with Crippen molar-refractivity contribution >= 4 is 21.8 Å². The maximum Gasteiger partial charge on any atom is 0.412 e. The molecule has 0 atom stereocenters. The second kappa shape index (κ2) is 6.33. The second-order valence-corrected chi connectivity index (χ2v) is 5.70. The fourth-order valence-corrected chi connectivity index (χ4v) is 2.02. The van der Waals surface area contributed by atoms with Gasteiger partial charge in [0.15, 0.2) is 0 Å². The van der Waals surface area contributed by atoms with Crippen LogP contribution in [0.25, 0.3) is 0 Å². The minimum absolute atomic E-state index is 0.106. The van der Waals surface area contributed by atoms with Gasteiger partial charge in [-0.05, 0) is 11.6 Å². The topological polar surface area (TPSA) is 111 Å². The van der Waals surface area contributed by atoms with Crippen LogP contribution in [-0.4, -0.2) is 19.5 Å². The lowest BCUT2D eigenvalue weighted by atomic mass is 10.2. The third kappa shape index (κ3) is 4.55. The van der Waals surface area contributed by atoms with Gasteiger partial charge in [-0.3, -0.25) is 10.3 Å². The number of amides is 1. The van der Waals surface area contributed by atoms with E-state index in [4.69, 9.17) is 9.88 Å². The van der Waals surface area contributed by atoms with E-state index in [0.717, 1.165) is 11.8 Å². The molecule has 0 spiro atoms. The summed E-state index contributed by atoms with van der Waals surface area (Å²) in [4.78, 5) is 15.1. The number of hydrogen-bond acceptors (Lipinski definition) is 5.